The number of amides is 1. The van der Waals surface area contributed by atoms with E-state index in [2.05, 4.69) is 5.32 Å². The SMILES string of the molecule is COc1cc(CCC(=O)OCC(=O)Nc2cc(F)cc(F)c2)cc(OC)c1OC. The number of aryl methyl sites for hydroxylation is 1. The first kappa shape index (κ1) is 21.9. The van der Waals surface area contributed by atoms with Gasteiger partial charge in [0.15, 0.2) is 18.1 Å². The molecule has 0 radical (unpaired) electrons. The van der Waals surface area contributed by atoms with Crippen LogP contribution >= 0.6 is 0 Å². The summed E-state index contributed by atoms with van der Waals surface area (Å²) in [6.07, 6.45) is 0.312. The van der Waals surface area contributed by atoms with Crippen LogP contribution in [0.2, 0.25) is 0 Å². The van der Waals surface area contributed by atoms with E-state index < -0.39 is 30.1 Å². The van der Waals surface area contributed by atoms with Crippen molar-refractivity contribution in [3.63, 3.8) is 0 Å². The highest BCUT2D eigenvalue weighted by atomic mass is 19.1. The van der Waals surface area contributed by atoms with Gasteiger partial charge >= 0.3 is 5.97 Å². The number of benzene rings is 2. The lowest BCUT2D eigenvalue weighted by molar-refractivity contribution is -0.147. The molecule has 0 saturated heterocycles. The average Bonchev–Trinajstić information content (AvgIpc) is 2.68. The molecule has 0 atom stereocenters. The first-order valence-corrected chi connectivity index (χ1v) is 8.56. The first-order chi connectivity index (χ1) is 13.9. The molecule has 0 aliphatic heterocycles. The van der Waals surface area contributed by atoms with Crippen LogP contribution in [0.25, 0.3) is 0 Å². The van der Waals surface area contributed by atoms with Crippen LogP contribution in [0.15, 0.2) is 30.3 Å². The smallest absolute Gasteiger partial charge is 0.306 e. The molecule has 2 aromatic rings. The highest BCUT2D eigenvalue weighted by Gasteiger charge is 2.15. The minimum atomic E-state index is -0.831. The molecule has 156 valence electrons. The summed E-state index contributed by atoms with van der Waals surface area (Å²) >= 11 is 0. The van der Waals surface area contributed by atoms with Crippen LogP contribution in [0, 0.1) is 11.6 Å². The van der Waals surface area contributed by atoms with Crippen LogP contribution in [0.3, 0.4) is 0 Å². The van der Waals surface area contributed by atoms with Gasteiger partial charge in [0, 0.05) is 18.2 Å². The highest BCUT2D eigenvalue weighted by Crippen LogP contribution is 2.38. The van der Waals surface area contributed by atoms with Crippen LogP contribution in [0.1, 0.15) is 12.0 Å². The van der Waals surface area contributed by atoms with Crippen molar-refractivity contribution in [1.29, 1.82) is 0 Å². The van der Waals surface area contributed by atoms with E-state index >= 15 is 0 Å². The molecule has 1 amide bonds. The normalized spacial score (nSPS) is 10.2. The average molecular weight is 409 g/mol. The number of methoxy groups -OCH3 is 3. The summed E-state index contributed by atoms with van der Waals surface area (Å²) < 4.78 is 46.8. The molecule has 0 fully saturated rings. The molecule has 1 N–H and O–H groups in total. The summed E-state index contributed by atoms with van der Waals surface area (Å²) in [7, 11) is 4.46. The minimum absolute atomic E-state index is 0.000507. The maximum atomic E-state index is 13.1. The second-order valence-electron chi connectivity index (χ2n) is 5.90. The number of rotatable bonds is 9. The molecule has 9 heteroatoms. The number of halogens is 2. The molecular formula is C20H21F2NO6. The van der Waals surface area contributed by atoms with E-state index in [4.69, 9.17) is 18.9 Å². The zero-order valence-corrected chi connectivity index (χ0v) is 16.2. The lowest BCUT2D eigenvalue weighted by Gasteiger charge is -2.14. The standard InChI is InChI=1S/C20H21F2NO6/c1-26-16-6-12(7-17(27-2)20(16)28-3)4-5-19(25)29-11-18(24)23-15-9-13(21)8-14(22)10-15/h6-10H,4-5,11H2,1-3H3,(H,23,24). The van der Waals surface area contributed by atoms with Gasteiger partial charge in [0.05, 0.1) is 21.3 Å². The predicted molar refractivity (Wildman–Crippen MR) is 100 cm³/mol. The maximum absolute atomic E-state index is 13.1. The highest BCUT2D eigenvalue weighted by molar-refractivity contribution is 5.92. The lowest BCUT2D eigenvalue weighted by Crippen LogP contribution is -2.21. The van der Waals surface area contributed by atoms with Gasteiger partial charge in [-0.05, 0) is 36.2 Å². The van der Waals surface area contributed by atoms with Crippen LogP contribution in [-0.2, 0) is 20.7 Å². The van der Waals surface area contributed by atoms with Gasteiger partial charge in [-0.1, -0.05) is 0 Å². The molecule has 2 aromatic carbocycles. The van der Waals surface area contributed by atoms with E-state index in [-0.39, 0.29) is 12.1 Å². The van der Waals surface area contributed by atoms with Gasteiger partial charge in [-0.3, -0.25) is 9.59 Å². The fourth-order valence-corrected chi connectivity index (χ4v) is 2.57. The molecule has 0 unspecified atom stereocenters. The fourth-order valence-electron chi connectivity index (χ4n) is 2.57. The Balaban J connectivity index is 1.87. The van der Waals surface area contributed by atoms with E-state index in [0.717, 1.165) is 17.7 Å². The van der Waals surface area contributed by atoms with Crippen molar-refractivity contribution < 1.29 is 37.3 Å². The molecule has 0 aliphatic rings. The van der Waals surface area contributed by atoms with Crippen molar-refractivity contribution in [2.24, 2.45) is 0 Å². The molecule has 0 heterocycles. The number of carbonyl (C=O) groups is 2. The van der Waals surface area contributed by atoms with Crippen molar-refractivity contribution in [1.82, 2.24) is 0 Å². The van der Waals surface area contributed by atoms with Gasteiger partial charge in [0.25, 0.3) is 5.91 Å². The first-order valence-electron chi connectivity index (χ1n) is 8.56. The van der Waals surface area contributed by atoms with Gasteiger partial charge < -0.3 is 24.3 Å². The van der Waals surface area contributed by atoms with Gasteiger partial charge in [-0.2, -0.15) is 0 Å². The molecule has 0 saturated carbocycles. The molecule has 0 bridgehead atoms. The van der Waals surface area contributed by atoms with Crippen LogP contribution in [0.4, 0.5) is 14.5 Å². The number of carbonyl (C=O) groups excluding carboxylic acids is 2. The fraction of sp³-hybridized carbons (Fsp3) is 0.300. The molecule has 0 aliphatic carbocycles. The summed E-state index contributed by atoms with van der Waals surface area (Å²) in [6.45, 7) is -0.577. The van der Waals surface area contributed by atoms with Crippen molar-refractivity contribution >= 4 is 17.6 Å². The summed E-state index contributed by atoms with van der Waals surface area (Å²) in [4.78, 5) is 23.7. The Morgan fingerprint density at radius 2 is 1.48 bits per heavy atom. The molecule has 7 nitrogen and oxygen atoms in total. The van der Waals surface area contributed by atoms with Crippen LogP contribution in [0.5, 0.6) is 17.2 Å². The van der Waals surface area contributed by atoms with E-state index in [1.807, 2.05) is 0 Å². The Bertz CT molecular complexity index is 842. The number of hydrogen-bond donors (Lipinski definition) is 1. The van der Waals surface area contributed by atoms with Gasteiger partial charge in [-0.15, -0.1) is 0 Å². The molecular weight excluding hydrogens is 388 g/mol. The molecule has 0 spiro atoms. The van der Waals surface area contributed by atoms with E-state index in [1.165, 1.54) is 21.3 Å². The Kier molecular flexibility index (Phi) is 7.76. The van der Waals surface area contributed by atoms with Gasteiger partial charge in [0.1, 0.15) is 11.6 Å². The quantitative estimate of drug-likeness (QED) is 0.641. The second-order valence-corrected chi connectivity index (χ2v) is 5.90. The zero-order chi connectivity index (χ0) is 21.4. The third-order valence-corrected chi connectivity index (χ3v) is 3.85. The number of nitrogens with one attached hydrogen (secondary N) is 1. The van der Waals surface area contributed by atoms with E-state index in [9.17, 15) is 18.4 Å². The maximum Gasteiger partial charge on any atom is 0.306 e. The Labute approximate surface area is 166 Å². The van der Waals surface area contributed by atoms with Crippen molar-refractivity contribution in [3.05, 3.63) is 47.5 Å². The topological polar surface area (TPSA) is 83.1 Å². The second kappa shape index (κ2) is 10.3. The number of hydrogen-bond acceptors (Lipinski definition) is 6. The summed E-state index contributed by atoms with van der Waals surface area (Å²) in [5.74, 6) is -1.64. The van der Waals surface area contributed by atoms with E-state index in [0.29, 0.717) is 29.7 Å². The van der Waals surface area contributed by atoms with E-state index in [1.54, 1.807) is 12.1 Å². The summed E-state index contributed by atoms with van der Waals surface area (Å²) in [6, 6.07) is 6.00. The monoisotopic (exact) mass is 409 g/mol. The summed E-state index contributed by atoms with van der Waals surface area (Å²) in [5.41, 5.74) is 0.678. The number of anilines is 1. The third kappa shape index (κ3) is 6.34. The molecule has 29 heavy (non-hydrogen) atoms. The van der Waals surface area contributed by atoms with Crippen molar-refractivity contribution in [3.8, 4) is 17.2 Å². The third-order valence-electron chi connectivity index (χ3n) is 3.85. The molecule has 2 rings (SSSR count). The Morgan fingerprint density at radius 1 is 0.897 bits per heavy atom. The number of ether oxygens (including phenoxy) is 4. The van der Waals surface area contributed by atoms with Crippen LogP contribution < -0.4 is 19.5 Å². The molecule has 0 aromatic heterocycles. The van der Waals surface area contributed by atoms with Gasteiger partial charge in [0.2, 0.25) is 5.75 Å². The Hall–Kier alpha value is -3.36. The zero-order valence-electron chi connectivity index (χ0n) is 16.2. The Morgan fingerprint density at radius 3 is 2.00 bits per heavy atom. The largest absolute Gasteiger partial charge is 0.493 e. The van der Waals surface area contributed by atoms with Crippen molar-refractivity contribution in [2.75, 3.05) is 33.3 Å². The van der Waals surface area contributed by atoms with Crippen LogP contribution in [-0.4, -0.2) is 39.8 Å². The minimum Gasteiger partial charge on any atom is -0.493 e. The summed E-state index contributed by atoms with van der Waals surface area (Å²) in [5, 5.41) is 2.25. The predicted octanol–water partition coefficient (Wildman–Crippen LogP) is 3.11. The lowest BCUT2D eigenvalue weighted by atomic mass is 10.1. The van der Waals surface area contributed by atoms with Crippen molar-refractivity contribution in [2.45, 2.75) is 12.8 Å². The van der Waals surface area contributed by atoms with Gasteiger partial charge in [-0.25, -0.2) is 8.78 Å². The number of esters is 1.